The van der Waals surface area contributed by atoms with Crippen LogP contribution in [-0.4, -0.2) is 71.5 Å². The number of fused-ring (bicyclic) bond motifs is 1. The van der Waals surface area contributed by atoms with Gasteiger partial charge in [0.25, 0.3) is 0 Å². The van der Waals surface area contributed by atoms with E-state index in [0.717, 1.165) is 62.7 Å². The summed E-state index contributed by atoms with van der Waals surface area (Å²) in [6.45, 7) is 6.09. The molecule has 0 spiro atoms. The van der Waals surface area contributed by atoms with Crippen LogP contribution in [-0.2, 0) is 24.3 Å². The first-order chi connectivity index (χ1) is 13.2. The number of guanidine groups is 1. The molecule has 0 radical (unpaired) electrons. The molecule has 1 aromatic heterocycles. The molecule has 0 bridgehead atoms. The Morgan fingerprint density at radius 1 is 1.33 bits per heavy atom. The molecule has 3 rings (SSSR count). The predicted molar refractivity (Wildman–Crippen MR) is 107 cm³/mol. The van der Waals surface area contributed by atoms with Crippen molar-refractivity contribution in [1.82, 2.24) is 30.3 Å². The van der Waals surface area contributed by atoms with Gasteiger partial charge in [0, 0.05) is 38.7 Å². The summed E-state index contributed by atoms with van der Waals surface area (Å²) < 4.78 is 7.15. The summed E-state index contributed by atoms with van der Waals surface area (Å²) >= 11 is 0. The van der Waals surface area contributed by atoms with Gasteiger partial charge in [0.1, 0.15) is 12.4 Å². The van der Waals surface area contributed by atoms with E-state index >= 15 is 0 Å². The lowest BCUT2D eigenvalue weighted by Gasteiger charge is -2.26. The van der Waals surface area contributed by atoms with Crippen LogP contribution in [0.4, 0.5) is 0 Å². The molecule has 0 amide bonds. The molecular weight excluding hydrogens is 342 g/mol. The number of aryl methyl sites for hydroxylation is 1. The summed E-state index contributed by atoms with van der Waals surface area (Å²) in [5.41, 5.74) is 0. The van der Waals surface area contributed by atoms with Gasteiger partial charge in [-0.2, -0.15) is 5.10 Å². The maximum Gasteiger partial charge on any atom is 0.191 e. The summed E-state index contributed by atoms with van der Waals surface area (Å²) in [6, 6.07) is 1.07. The molecule has 27 heavy (non-hydrogen) atoms. The number of nitrogens with zero attached hydrogens (tertiary/aromatic N) is 5. The quantitative estimate of drug-likeness (QED) is 0.523. The van der Waals surface area contributed by atoms with E-state index in [2.05, 4.69) is 39.6 Å². The molecule has 1 aromatic rings. The van der Waals surface area contributed by atoms with Crippen molar-refractivity contribution in [2.75, 3.05) is 33.8 Å². The number of ether oxygens (including phenoxy) is 1. The van der Waals surface area contributed by atoms with Gasteiger partial charge in [-0.3, -0.25) is 4.99 Å². The molecule has 152 valence electrons. The first kappa shape index (κ1) is 20.1. The topological polar surface area (TPSA) is 79.6 Å². The molecule has 8 heteroatoms. The highest BCUT2D eigenvalue weighted by molar-refractivity contribution is 5.80. The molecule has 1 unspecified atom stereocenters. The van der Waals surface area contributed by atoms with E-state index in [4.69, 9.17) is 9.73 Å². The monoisotopic (exact) mass is 377 g/mol. The van der Waals surface area contributed by atoms with Crippen LogP contribution < -0.4 is 10.6 Å². The van der Waals surface area contributed by atoms with E-state index in [-0.39, 0.29) is 0 Å². The van der Waals surface area contributed by atoms with Crippen LogP contribution >= 0.6 is 0 Å². The van der Waals surface area contributed by atoms with E-state index < -0.39 is 0 Å². The number of rotatable bonds is 8. The number of hydrogen-bond donors (Lipinski definition) is 2. The summed E-state index contributed by atoms with van der Waals surface area (Å²) in [6.07, 6.45) is 7.40. The molecule has 0 saturated heterocycles. The first-order valence-electron chi connectivity index (χ1n) is 10.4. The molecule has 2 heterocycles. The minimum absolute atomic E-state index is 0.319. The van der Waals surface area contributed by atoms with Gasteiger partial charge in [-0.15, -0.1) is 0 Å². The highest BCUT2D eigenvalue weighted by Crippen LogP contribution is 2.21. The van der Waals surface area contributed by atoms with Gasteiger partial charge >= 0.3 is 0 Å². The van der Waals surface area contributed by atoms with Crippen LogP contribution in [0.3, 0.4) is 0 Å². The molecule has 1 aliphatic carbocycles. The van der Waals surface area contributed by atoms with Crippen LogP contribution in [0, 0.1) is 0 Å². The van der Waals surface area contributed by atoms with Crippen LogP contribution in [0.5, 0.6) is 0 Å². The van der Waals surface area contributed by atoms with Crippen molar-refractivity contribution in [3.8, 4) is 0 Å². The van der Waals surface area contributed by atoms with Crippen molar-refractivity contribution in [2.45, 2.75) is 70.7 Å². The van der Waals surface area contributed by atoms with Crippen molar-refractivity contribution in [3.63, 3.8) is 0 Å². The predicted octanol–water partition coefficient (Wildman–Crippen LogP) is 1.17. The third kappa shape index (κ3) is 5.65. The van der Waals surface area contributed by atoms with Crippen molar-refractivity contribution in [2.24, 2.45) is 4.99 Å². The summed E-state index contributed by atoms with van der Waals surface area (Å²) in [5, 5.41) is 11.5. The largest absolute Gasteiger partial charge is 0.377 e. The van der Waals surface area contributed by atoms with E-state index in [9.17, 15) is 0 Å². The lowest BCUT2D eigenvalue weighted by atomic mass is 10.1. The molecule has 1 saturated carbocycles. The standard InChI is InChI=1S/C19H35N7O/c1-4-20-19(21-11-12-25(2)16-7-5-6-8-16)22-15-9-10-18-23-17(14-27-3)24-26(18)13-15/h15-16H,4-14H2,1-3H3,(H2,20,21,22). The number of likely N-dealkylation sites (N-methyl/N-ethyl adjacent to an activating group) is 1. The highest BCUT2D eigenvalue weighted by atomic mass is 16.5. The smallest absolute Gasteiger partial charge is 0.191 e. The molecular formula is C19H35N7O. The maximum atomic E-state index is 5.14. The van der Waals surface area contributed by atoms with E-state index in [0.29, 0.717) is 12.6 Å². The Balaban J connectivity index is 1.51. The second-order valence-electron chi connectivity index (χ2n) is 7.62. The zero-order valence-electron chi connectivity index (χ0n) is 17.1. The zero-order valence-corrected chi connectivity index (χ0v) is 17.1. The third-order valence-electron chi connectivity index (χ3n) is 5.53. The molecule has 2 N–H and O–H groups in total. The molecule has 1 atom stereocenters. The molecule has 1 aliphatic heterocycles. The van der Waals surface area contributed by atoms with E-state index in [1.54, 1.807) is 7.11 Å². The van der Waals surface area contributed by atoms with E-state index in [1.807, 2.05) is 4.68 Å². The average molecular weight is 378 g/mol. The van der Waals surface area contributed by atoms with Gasteiger partial charge in [0.15, 0.2) is 11.8 Å². The van der Waals surface area contributed by atoms with Crippen molar-refractivity contribution in [1.29, 1.82) is 0 Å². The fourth-order valence-electron chi connectivity index (χ4n) is 4.03. The maximum absolute atomic E-state index is 5.14. The number of methoxy groups -OCH3 is 1. The van der Waals surface area contributed by atoms with Gasteiger partial charge in [-0.05, 0) is 33.2 Å². The van der Waals surface area contributed by atoms with Gasteiger partial charge in [0.2, 0.25) is 0 Å². The highest BCUT2D eigenvalue weighted by Gasteiger charge is 2.22. The number of hydrogen-bond acceptors (Lipinski definition) is 5. The summed E-state index contributed by atoms with van der Waals surface area (Å²) in [4.78, 5) is 11.8. The molecule has 2 aliphatic rings. The fourth-order valence-corrected chi connectivity index (χ4v) is 4.03. The Bertz CT molecular complexity index is 609. The minimum atomic E-state index is 0.319. The second-order valence-corrected chi connectivity index (χ2v) is 7.62. The molecule has 0 aromatic carbocycles. The van der Waals surface area contributed by atoms with Gasteiger partial charge < -0.3 is 20.3 Å². The zero-order chi connectivity index (χ0) is 19.1. The van der Waals surface area contributed by atoms with Crippen LogP contribution in [0.2, 0.25) is 0 Å². The molecule has 1 fully saturated rings. The van der Waals surface area contributed by atoms with Crippen molar-refractivity contribution >= 4 is 5.96 Å². The van der Waals surface area contributed by atoms with Gasteiger partial charge in [-0.25, -0.2) is 9.67 Å². The fraction of sp³-hybridized carbons (Fsp3) is 0.842. The Kier molecular flexibility index (Phi) is 7.46. The summed E-state index contributed by atoms with van der Waals surface area (Å²) in [7, 11) is 3.91. The van der Waals surface area contributed by atoms with E-state index in [1.165, 1.54) is 25.7 Å². The Hall–Kier alpha value is -1.67. The second kappa shape index (κ2) is 10.0. The van der Waals surface area contributed by atoms with Crippen LogP contribution in [0.1, 0.15) is 50.7 Å². The minimum Gasteiger partial charge on any atom is -0.377 e. The molecule has 8 nitrogen and oxygen atoms in total. The van der Waals surface area contributed by atoms with Crippen LogP contribution in [0.15, 0.2) is 4.99 Å². The third-order valence-corrected chi connectivity index (χ3v) is 5.53. The lowest BCUT2D eigenvalue weighted by molar-refractivity contribution is 0.177. The average Bonchev–Trinajstić information content (AvgIpc) is 3.31. The van der Waals surface area contributed by atoms with Crippen molar-refractivity contribution < 1.29 is 4.74 Å². The van der Waals surface area contributed by atoms with Gasteiger partial charge in [-0.1, -0.05) is 12.8 Å². The number of aliphatic imine (C=N–C) groups is 1. The number of aromatic nitrogens is 3. The van der Waals surface area contributed by atoms with Gasteiger partial charge in [0.05, 0.1) is 13.1 Å². The Labute approximate surface area is 162 Å². The Morgan fingerprint density at radius 2 is 2.15 bits per heavy atom. The van der Waals surface area contributed by atoms with Crippen molar-refractivity contribution in [3.05, 3.63) is 11.6 Å². The first-order valence-corrected chi connectivity index (χ1v) is 10.4. The number of nitrogens with one attached hydrogen (secondary N) is 2. The normalized spacial score (nSPS) is 20.9. The SMILES string of the molecule is CCNC(=NCCN(C)C1CCCC1)NC1CCc2nc(COC)nn2C1. The van der Waals surface area contributed by atoms with Crippen LogP contribution in [0.25, 0.3) is 0 Å². The Morgan fingerprint density at radius 3 is 2.89 bits per heavy atom. The summed E-state index contributed by atoms with van der Waals surface area (Å²) in [5.74, 6) is 2.73. The lowest BCUT2D eigenvalue weighted by Crippen LogP contribution is -2.47.